The SMILES string of the molecule is NC(=O)c1ccc(NC(=O)CCc2ncc(-c3cccc(Br)c3)o2)cc1. The van der Waals surface area contributed by atoms with Crippen LogP contribution < -0.4 is 11.1 Å². The van der Waals surface area contributed by atoms with E-state index in [9.17, 15) is 9.59 Å². The fourth-order valence-electron chi connectivity index (χ4n) is 2.36. The highest BCUT2D eigenvalue weighted by Crippen LogP contribution is 2.24. The van der Waals surface area contributed by atoms with Gasteiger partial charge in [0.2, 0.25) is 11.8 Å². The number of carbonyl (C=O) groups excluding carboxylic acids is 2. The van der Waals surface area contributed by atoms with E-state index in [1.54, 1.807) is 30.5 Å². The Hall–Kier alpha value is -2.93. The van der Waals surface area contributed by atoms with Crippen LogP contribution in [-0.2, 0) is 11.2 Å². The lowest BCUT2D eigenvalue weighted by Crippen LogP contribution is -2.13. The van der Waals surface area contributed by atoms with E-state index in [-0.39, 0.29) is 12.3 Å². The minimum atomic E-state index is -0.506. The summed E-state index contributed by atoms with van der Waals surface area (Å²) >= 11 is 3.42. The van der Waals surface area contributed by atoms with Crippen LogP contribution in [0, 0.1) is 0 Å². The van der Waals surface area contributed by atoms with Gasteiger partial charge in [0.25, 0.3) is 0 Å². The van der Waals surface area contributed by atoms with Gasteiger partial charge >= 0.3 is 0 Å². The van der Waals surface area contributed by atoms with Gasteiger partial charge in [-0.25, -0.2) is 4.98 Å². The highest BCUT2D eigenvalue weighted by atomic mass is 79.9. The Bertz CT molecular complexity index is 935. The monoisotopic (exact) mass is 413 g/mol. The van der Waals surface area contributed by atoms with Crippen LogP contribution >= 0.6 is 15.9 Å². The molecule has 0 aliphatic carbocycles. The minimum Gasteiger partial charge on any atom is -0.441 e. The summed E-state index contributed by atoms with van der Waals surface area (Å²) in [6, 6.07) is 14.1. The van der Waals surface area contributed by atoms with Crippen LogP contribution in [0.25, 0.3) is 11.3 Å². The molecular weight excluding hydrogens is 398 g/mol. The van der Waals surface area contributed by atoms with Crippen molar-refractivity contribution in [2.24, 2.45) is 5.73 Å². The number of rotatable bonds is 6. The molecule has 26 heavy (non-hydrogen) atoms. The van der Waals surface area contributed by atoms with Crippen LogP contribution in [0.5, 0.6) is 0 Å². The number of nitrogens with two attached hydrogens (primary N) is 1. The first-order chi connectivity index (χ1) is 12.5. The largest absolute Gasteiger partial charge is 0.441 e. The first-order valence-electron chi connectivity index (χ1n) is 7.91. The zero-order chi connectivity index (χ0) is 18.5. The molecule has 0 aliphatic heterocycles. The Balaban J connectivity index is 1.55. The molecule has 132 valence electrons. The molecule has 1 aromatic heterocycles. The maximum absolute atomic E-state index is 12.0. The van der Waals surface area contributed by atoms with Crippen LogP contribution in [0.2, 0.25) is 0 Å². The molecule has 0 aliphatic rings. The van der Waals surface area contributed by atoms with Gasteiger partial charge in [0.05, 0.1) is 6.20 Å². The smallest absolute Gasteiger partial charge is 0.248 e. The number of oxazole rings is 1. The third kappa shape index (κ3) is 4.58. The van der Waals surface area contributed by atoms with Crippen LogP contribution in [0.4, 0.5) is 5.69 Å². The van der Waals surface area contributed by atoms with Crippen LogP contribution in [0.1, 0.15) is 22.7 Å². The topological polar surface area (TPSA) is 98.2 Å². The second-order valence-electron chi connectivity index (χ2n) is 5.62. The molecule has 0 saturated carbocycles. The Kier molecular flexibility index (Phi) is 5.48. The molecule has 0 atom stereocenters. The molecule has 1 heterocycles. The summed E-state index contributed by atoms with van der Waals surface area (Å²) in [6.07, 6.45) is 2.27. The van der Waals surface area contributed by atoms with E-state index in [1.807, 2.05) is 24.3 Å². The fourth-order valence-corrected chi connectivity index (χ4v) is 2.76. The molecule has 3 rings (SSSR count). The molecule has 0 spiro atoms. The molecular formula is C19H16BrN3O3. The Labute approximate surface area is 158 Å². The number of nitrogens with one attached hydrogen (secondary N) is 1. The first kappa shape index (κ1) is 17.9. The Morgan fingerprint density at radius 2 is 1.92 bits per heavy atom. The van der Waals surface area contributed by atoms with E-state index in [1.165, 1.54) is 0 Å². The van der Waals surface area contributed by atoms with Crippen molar-refractivity contribution < 1.29 is 14.0 Å². The molecule has 2 amide bonds. The van der Waals surface area contributed by atoms with Gasteiger partial charge < -0.3 is 15.5 Å². The molecule has 2 aromatic carbocycles. The van der Waals surface area contributed by atoms with E-state index < -0.39 is 5.91 Å². The van der Waals surface area contributed by atoms with Gasteiger partial charge in [-0.05, 0) is 36.4 Å². The van der Waals surface area contributed by atoms with Crippen molar-refractivity contribution in [1.82, 2.24) is 4.98 Å². The van der Waals surface area contributed by atoms with Crippen molar-refractivity contribution >= 4 is 33.4 Å². The number of nitrogens with zero attached hydrogens (tertiary/aromatic N) is 1. The number of amides is 2. The number of aryl methyl sites for hydroxylation is 1. The summed E-state index contributed by atoms with van der Waals surface area (Å²) < 4.78 is 6.66. The molecule has 6 nitrogen and oxygen atoms in total. The quantitative estimate of drug-likeness (QED) is 0.642. The predicted molar refractivity (Wildman–Crippen MR) is 102 cm³/mol. The van der Waals surface area contributed by atoms with Crippen molar-refractivity contribution in [2.75, 3.05) is 5.32 Å². The molecule has 0 bridgehead atoms. The second-order valence-corrected chi connectivity index (χ2v) is 6.53. The summed E-state index contributed by atoms with van der Waals surface area (Å²) in [5, 5.41) is 2.76. The summed E-state index contributed by atoms with van der Waals surface area (Å²) in [5.74, 6) is 0.481. The number of aromatic nitrogens is 1. The van der Waals surface area contributed by atoms with E-state index in [0.29, 0.717) is 29.3 Å². The zero-order valence-corrected chi connectivity index (χ0v) is 15.3. The van der Waals surface area contributed by atoms with E-state index in [4.69, 9.17) is 10.2 Å². The Morgan fingerprint density at radius 1 is 1.15 bits per heavy atom. The third-order valence-electron chi connectivity index (χ3n) is 3.68. The highest BCUT2D eigenvalue weighted by Gasteiger charge is 2.10. The number of benzene rings is 2. The van der Waals surface area contributed by atoms with E-state index >= 15 is 0 Å². The molecule has 3 aromatic rings. The van der Waals surface area contributed by atoms with Gasteiger partial charge in [-0.1, -0.05) is 28.1 Å². The number of halogens is 1. The second kappa shape index (κ2) is 7.97. The summed E-state index contributed by atoms with van der Waals surface area (Å²) in [5.41, 5.74) is 7.09. The predicted octanol–water partition coefficient (Wildman–Crippen LogP) is 3.77. The van der Waals surface area contributed by atoms with Crippen molar-refractivity contribution in [3.8, 4) is 11.3 Å². The number of hydrogen-bond donors (Lipinski definition) is 2. The van der Waals surface area contributed by atoms with Gasteiger partial charge in [0.1, 0.15) is 0 Å². The third-order valence-corrected chi connectivity index (χ3v) is 4.18. The van der Waals surface area contributed by atoms with Crippen LogP contribution in [-0.4, -0.2) is 16.8 Å². The number of anilines is 1. The van der Waals surface area contributed by atoms with Crippen molar-refractivity contribution in [3.05, 3.63) is 70.7 Å². The van der Waals surface area contributed by atoms with Crippen molar-refractivity contribution in [3.63, 3.8) is 0 Å². The number of primary amides is 1. The number of carbonyl (C=O) groups is 2. The lowest BCUT2D eigenvalue weighted by Gasteiger charge is -2.04. The van der Waals surface area contributed by atoms with Crippen LogP contribution in [0.15, 0.2) is 63.6 Å². The van der Waals surface area contributed by atoms with Gasteiger partial charge in [0, 0.05) is 34.1 Å². The Morgan fingerprint density at radius 3 is 2.62 bits per heavy atom. The van der Waals surface area contributed by atoms with Crippen LogP contribution in [0.3, 0.4) is 0 Å². The molecule has 3 N–H and O–H groups in total. The summed E-state index contributed by atoms with van der Waals surface area (Å²) in [7, 11) is 0. The fraction of sp³-hybridized carbons (Fsp3) is 0.105. The van der Waals surface area contributed by atoms with Gasteiger partial charge in [-0.2, -0.15) is 0 Å². The van der Waals surface area contributed by atoms with Gasteiger partial charge in [-0.15, -0.1) is 0 Å². The first-order valence-corrected chi connectivity index (χ1v) is 8.71. The van der Waals surface area contributed by atoms with Crippen molar-refractivity contribution in [1.29, 1.82) is 0 Å². The summed E-state index contributed by atoms with van der Waals surface area (Å²) in [6.45, 7) is 0. The standard InChI is InChI=1S/C19H16BrN3O3/c20-14-3-1-2-13(10-14)16-11-22-18(26-16)9-8-17(24)23-15-6-4-12(5-7-15)19(21)25/h1-7,10-11H,8-9H2,(H2,21,25)(H,23,24). The van der Waals surface area contributed by atoms with E-state index in [2.05, 4.69) is 26.2 Å². The average molecular weight is 414 g/mol. The average Bonchev–Trinajstić information content (AvgIpc) is 3.09. The molecule has 0 saturated heterocycles. The summed E-state index contributed by atoms with van der Waals surface area (Å²) in [4.78, 5) is 27.3. The molecule has 0 fully saturated rings. The normalized spacial score (nSPS) is 10.5. The zero-order valence-electron chi connectivity index (χ0n) is 13.7. The highest BCUT2D eigenvalue weighted by molar-refractivity contribution is 9.10. The lowest BCUT2D eigenvalue weighted by atomic mass is 10.2. The maximum atomic E-state index is 12.0. The molecule has 0 radical (unpaired) electrons. The van der Waals surface area contributed by atoms with Gasteiger partial charge in [-0.3, -0.25) is 9.59 Å². The maximum Gasteiger partial charge on any atom is 0.248 e. The van der Waals surface area contributed by atoms with Gasteiger partial charge in [0.15, 0.2) is 11.7 Å². The lowest BCUT2D eigenvalue weighted by molar-refractivity contribution is -0.116. The molecule has 0 unspecified atom stereocenters. The minimum absolute atomic E-state index is 0.168. The number of hydrogen-bond acceptors (Lipinski definition) is 4. The van der Waals surface area contributed by atoms with E-state index in [0.717, 1.165) is 10.0 Å². The molecule has 7 heteroatoms. The van der Waals surface area contributed by atoms with Crippen molar-refractivity contribution in [2.45, 2.75) is 12.8 Å².